The van der Waals surface area contributed by atoms with E-state index in [4.69, 9.17) is 15.2 Å². The quantitative estimate of drug-likeness (QED) is 0.791. The molecule has 0 fully saturated rings. The van der Waals surface area contributed by atoms with Gasteiger partial charge in [0.05, 0.1) is 19.1 Å². The molecule has 0 heterocycles. The molecule has 0 saturated heterocycles. The summed E-state index contributed by atoms with van der Waals surface area (Å²) in [5.74, 6) is 0.803. The predicted molar refractivity (Wildman–Crippen MR) is 77.5 cm³/mol. The zero-order valence-electron chi connectivity index (χ0n) is 12.3. The Kier molecular flexibility index (Phi) is 5.79. The third-order valence-electron chi connectivity index (χ3n) is 3.03. The molecule has 0 aromatic heterocycles. The Bertz CT molecular complexity index is 532. The van der Waals surface area contributed by atoms with Gasteiger partial charge in [0.1, 0.15) is 0 Å². The van der Waals surface area contributed by atoms with Gasteiger partial charge in [-0.2, -0.15) is 0 Å². The molecule has 1 aromatic rings. The number of hydrogen-bond donors (Lipinski definition) is 2. The third-order valence-corrected chi connectivity index (χ3v) is 4.60. The van der Waals surface area contributed by atoms with Gasteiger partial charge in [-0.1, -0.05) is 6.92 Å². The predicted octanol–water partition coefficient (Wildman–Crippen LogP) is 1.24. The number of benzene rings is 1. The molecule has 1 atom stereocenters. The molecule has 3 N–H and O–H groups in total. The van der Waals surface area contributed by atoms with Crippen molar-refractivity contribution < 1.29 is 17.9 Å². The highest BCUT2D eigenvalue weighted by atomic mass is 32.2. The summed E-state index contributed by atoms with van der Waals surface area (Å²) in [5, 5.41) is 0. The van der Waals surface area contributed by atoms with E-state index in [9.17, 15) is 8.42 Å². The van der Waals surface area contributed by atoms with E-state index < -0.39 is 10.0 Å². The van der Waals surface area contributed by atoms with Crippen LogP contribution < -0.4 is 19.9 Å². The molecule has 0 saturated carbocycles. The fourth-order valence-electron chi connectivity index (χ4n) is 1.74. The lowest BCUT2D eigenvalue weighted by molar-refractivity contribution is 0.350. The molecule has 6 nitrogen and oxygen atoms in total. The minimum Gasteiger partial charge on any atom is -0.493 e. The maximum absolute atomic E-state index is 12.3. The smallest absolute Gasteiger partial charge is 0.240 e. The molecule has 0 spiro atoms. The molecule has 1 rings (SSSR count). The summed E-state index contributed by atoms with van der Waals surface area (Å²) in [6.45, 7) is 3.88. The van der Waals surface area contributed by atoms with Crippen LogP contribution in [-0.4, -0.2) is 28.7 Å². The third kappa shape index (κ3) is 3.62. The summed E-state index contributed by atoms with van der Waals surface area (Å²) in [7, 11) is -0.659. The Labute approximate surface area is 120 Å². The Balaban J connectivity index is 3.32. The van der Waals surface area contributed by atoms with Gasteiger partial charge in [0.2, 0.25) is 10.0 Å². The maximum atomic E-state index is 12.3. The summed E-state index contributed by atoms with van der Waals surface area (Å²) >= 11 is 0. The first-order chi connectivity index (χ1) is 9.39. The fourth-order valence-corrected chi connectivity index (χ4v) is 3.13. The van der Waals surface area contributed by atoms with Crippen molar-refractivity contribution in [1.82, 2.24) is 4.72 Å². The zero-order valence-corrected chi connectivity index (χ0v) is 13.1. The largest absolute Gasteiger partial charge is 0.493 e. The number of nitrogens with one attached hydrogen (secondary N) is 1. The summed E-state index contributed by atoms with van der Waals surface area (Å²) in [6.07, 6.45) is 0.705. The Hall–Kier alpha value is -1.31. The lowest BCUT2D eigenvalue weighted by Crippen LogP contribution is -2.32. The van der Waals surface area contributed by atoms with Gasteiger partial charge >= 0.3 is 0 Å². The van der Waals surface area contributed by atoms with Gasteiger partial charge in [-0.3, -0.25) is 0 Å². The van der Waals surface area contributed by atoms with Crippen molar-refractivity contribution in [3.63, 3.8) is 0 Å². The Morgan fingerprint density at radius 3 is 2.40 bits per heavy atom. The van der Waals surface area contributed by atoms with E-state index >= 15 is 0 Å². The van der Waals surface area contributed by atoms with Gasteiger partial charge < -0.3 is 15.2 Å². The Morgan fingerprint density at radius 2 is 1.95 bits per heavy atom. The summed E-state index contributed by atoms with van der Waals surface area (Å²) in [6, 6.07) is 2.80. The molecule has 0 bridgehead atoms. The number of methoxy groups -OCH3 is 2. The van der Waals surface area contributed by atoms with Crippen molar-refractivity contribution in [3.8, 4) is 11.5 Å². The molecular weight excluding hydrogens is 280 g/mol. The highest BCUT2D eigenvalue weighted by molar-refractivity contribution is 7.89. The molecule has 0 radical (unpaired) electrons. The van der Waals surface area contributed by atoms with Gasteiger partial charge in [-0.05, 0) is 19.4 Å². The SMILES string of the molecule is CCC(C)NS(=O)(=O)c1cc(CN)c(OC)c(OC)c1. The first-order valence-corrected chi connectivity index (χ1v) is 7.85. The molecule has 20 heavy (non-hydrogen) atoms. The highest BCUT2D eigenvalue weighted by Gasteiger charge is 2.21. The molecule has 0 aliphatic rings. The van der Waals surface area contributed by atoms with E-state index in [0.717, 1.165) is 0 Å². The number of nitrogens with two attached hydrogens (primary N) is 1. The van der Waals surface area contributed by atoms with Crippen molar-refractivity contribution in [2.45, 2.75) is 37.8 Å². The highest BCUT2D eigenvalue weighted by Crippen LogP contribution is 2.33. The number of sulfonamides is 1. The molecule has 1 unspecified atom stereocenters. The second-order valence-electron chi connectivity index (χ2n) is 4.45. The van der Waals surface area contributed by atoms with Gasteiger partial charge in [0.25, 0.3) is 0 Å². The van der Waals surface area contributed by atoms with E-state index in [2.05, 4.69) is 4.72 Å². The minimum atomic E-state index is -3.60. The van der Waals surface area contributed by atoms with Crippen molar-refractivity contribution >= 4 is 10.0 Å². The molecule has 0 amide bonds. The van der Waals surface area contributed by atoms with Crippen LogP contribution in [0.25, 0.3) is 0 Å². The number of hydrogen-bond acceptors (Lipinski definition) is 5. The van der Waals surface area contributed by atoms with E-state index in [-0.39, 0.29) is 17.5 Å². The molecule has 0 aliphatic heterocycles. The van der Waals surface area contributed by atoms with Gasteiger partial charge in [-0.25, -0.2) is 13.1 Å². The first kappa shape index (κ1) is 16.7. The number of ether oxygens (including phenoxy) is 2. The van der Waals surface area contributed by atoms with Crippen LogP contribution >= 0.6 is 0 Å². The van der Waals surface area contributed by atoms with Crippen molar-refractivity contribution in [2.75, 3.05) is 14.2 Å². The van der Waals surface area contributed by atoms with Crippen LogP contribution in [0.2, 0.25) is 0 Å². The Morgan fingerprint density at radius 1 is 1.30 bits per heavy atom. The van der Waals surface area contributed by atoms with Crippen LogP contribution in [-0.2, 0) is 16.6 Å². The lowest BCUT2D eigenvalue weighted by Gasteiger charge is -2.16. The average Bonchev–Trinajstić information content (AvgIpc) is 2.44. The van der Waals surface area contributed by atoms with Crippen LogP contribution in [0.4, 0.5) is 0 Å². The average molecular weight is 302 g/mol. The van der Waals surface area contributed by atoms with Crippen molar-refractivity contribution in [3.05, 3.63) is 17.7 Å². The molecule has 114 valence electrons. The van der Waals surface area contributed by atoms with E-state index in [0.29, 0.717) is 23.5 Å². The van der Waals surface area contributed by atoms with Crippen LogP contribution in [0.5, 0.6) is 11.5 Å². The fraction of sp³-hybridized carbons (Fsp3) is 0.538. The maximum Gasteiger partial charge on any atom is 0.240 e. The molecule has 1 aromatic carbocycles. The van der Waals surface area contributed by atoms with Gasteiger partial charge in [-0.15, -0.1) is 0 Å². The van der Waals surface area contributed by atoms with E-state index in [1.165, 1.54) is 26.4 Å². The van der Waals surface area contributed by atoms with Crippen LogP contribution in [0.3, 0.4) is 0 Å². The van der Waals surface area contributed by atoms with Gasteiger partial charge in [0.15, 0.2) is 11.5 Å². The number of rotatable bonds is 7. The topological polar surface area (TPSA) is 90.7 Å². The van der Waals surface area contributed by atoms with Crippen LogP contribution in [0.1, 0.15) is 25.8 Å². The molecule has 7 heteroatoms. The lowest BCUT2D eigenvalue weighted by atomic mass is 10.2. The summed E-state index contributed by atoms with van der Waals surface area (Å²) in [4.78, 5) is 0.121. The first-order valence-electron chi connectivity index (χ1n) is 6.36. The van der Waals surface area contributed by atoms with E-state index in [1.54, 1.807) is 0 Å². The monoisotopic (exact) mass is 302 g/mol. The van der Waals surface area contributed by atoms with Crippen molar-refractivity contribution in [1.29, 1.82) is 0 Å². The van der Waals surface area contributed by atoms with E-state index in [1.807, 2.05) is 13.8 Å². The second kappa shape index (κ2) is 6.92. The van der Waals surface area contributed by atoms with Crippen LogP contribution in [0.15, 0.2) is 17.0 Å². The zero-order chi connectivity index (χ0) is 15.3. The van der Waals surface area contributed by atoms with Crippen molar-refractivity contribution in [2.24, 2.45) is 5.73 Å². The second-order valence-corrected chi connectivity index (χ2v) is 6.17. The summed E-state index contributed by atoms with van der Waals surface area (Å²) in [5.41, 5.74) is 6.22. The minimum absolute atomic E-state index is 0.121. The normalized spacial score (nSPS) is 13.1. The standard InChI is InChI=1S/C13H22N2O4S/c1-5-9(2)15-20(16,17)11-6-10(8-14)13(19-4)12(7-11)18-3/h6-7,9,15H,5,8,14H2,1-4H3. The van der Waals surface area contributed by atoms with Gasteiger partial charge in [0, 0.05) is 24.2 Å². The van der Waals surface area contributed by atoms with Crippen LogP contribution in [0, 0.1) is 0 Å². The molecule has 0 aliphatic carbocycles. The molecular formula is C13H22N2O4S. The summed E-state index contributed by atoms with van der Waals surface area (Å²) < 4.78 is 37.6.